The molecule has 0 saturated heterocycles. The quantitative estimate of drug-likeness (QED) is 0.828. The topological polar surface area (TPSA) is 93.8 Å². The molecule has 0 aliphatic rings. The van der Waals surface area contributed by atoms with Crippen molar-refractivity contribution < 1.29 is 5.11 Å². The first-order chi connectivity index (χ1) is 10.5. The summed E-state index contributed by atoms with van der Waals surface area (Å²) in [6, 6.07) is 14.3. The maximum absolute atomic E-state index is 9.22. The highest BCUT2D eigenvalue weighted by Gasteiger charge is 1.99. The van der Waals surface area contributed by atoms with Crippen molar-refractivity contribution in [3.63, 3.8) is 0 Å². The molecule has 2 aromatic carbocycles. The molecule has 0 aliphatic carbocycles. The third-order valence-corrected chi connectivity index (χ3v) is 3.24. The highest BCUT2D eigenvalue weighted by atomic mass is 16.3. The van der Waals surface area contributed by atoms with E-state index in [0.717, 1.165) is 29.7 Å². The summed E-state index contributed by atoms with van der Waals surface area (Å²) in [5, 5.41) is 26.3. The monoisotopic (exact) mass is 293 g/mol. The molecule has 2 aromatic rings. The van der Waals surface area contributed by atoms with Crippen molar-refractivity contribution in [2.75, 3.05) is 5.73 Å². The number of nitrogens with zero attached hydrogens (tertiary/aromatic N) is 2. The van der Waals surface area contributed by atoms with Gasteiger partial charge in [-0.3, -0.25) is 0 Å². The summed E-state index contributed by atoms with van der Waals surface area (Å²) in [5.41, 5.74) is 9.56. The van der Waals surface area contributed by atoms with Crippen LogP contribution in [0, 0.1) is 22.7 Å². The number of aryl methyl sites for hydroxylation is 2. The lowest BCUT2D eigenvalue weighted by Crippen LogP contribution is -1.92. The van der Waals surface area contributed by atoms with Gasteiger partial charge in [-0.25, -0.2) is 0 Å². The molecule has 2 rings (SSSR count). The summed E-state index contributed by atoms with van der Waals surface area (Å²) in [6.07, 6.45) is 1.63. The van der Waals surface area contributed by atoms with Crippen molar-refractivity contribution in [2.24, 2.45) is 0 Å². The van der Waals surface area contributed by atoms with E-state index in [2.05, 4.69) is 6.07 Å². The van der Waals surface area contributed by atoms with E-state index in [1.54, 1.807) is 30.3 Å². The van der Waals surface area contributed by atoms with Gasteiger partial charge in [0.2, 0.25) is 0 Å². The Labute approximate surface area is 131 Å². The molecule has 3 N–H and O–H groups in total. The molecule has 0 radical (unpaired) electrons. The van der Waals surface area contributed by atoms with Gasteiger partial charge in [-0.05, 0) is 60.4 Å². The molecule has 112 valence electrons. The third-order valence-electron chi connectivity index (χ3n) is 3.24. The summed E-state index contributed by atoms with van der Waals surface area (Å²) >= 11 is 0. The zero-order valence-electron chi connectivity index (χ0n) is 12.8. The van der Waals surface area contributed by atoms with Gasteiger partial charge in [-0.15, -0.1) is 0 Å². The highest BCUT2D eigenvalue weighted by molar-refractivity contribution is 5.51. The van der Waals surface area contributed by atoms with Crippen LogP contribution < -0.4 is 5.73 Å². The summed E-state index contributed by atoms with van der Waals surface area (Å²) in [6.45, 7) is 3.96. The first-order valence-corrected chi connectivity index (χ1v) is 7.06. The molecule has 0 atom stereocenters. The molecule has 0 aliphatic heterocycles. The number of nitrogen functional groups attached to an aromatic ring is 1. The lowest BCUT2D eigenvalue weighted by molar-refractivity contribution is 0.469. The molecule has 0 unspecified atom stereocenters. The fourth-order valence-electron chi connectivity index (χ4n) is 1.92. The van der Waals surface area contributed by atoms with Crippen LogP contribution >= 0.6 is 0 Å². The molecule has 0 fully saturated rings. The summed E-state index contributed by atoms with van der Waals surface area (Å²) in [4.78, 5) is 0. The van der Waals surface area contributed by atoms with Crippen molar-refractivity contribution in [3.8, 4) is 17.9 Å². The number of aromatic hydroxyl groups is 1. The molecular weight excluding hydrogens is 274 g/mol. The van der Waals surface area contributed by atoms with Crippen LogP contribution in [-0.4, -0.2) is 5.11 Å². The fraction of sp³-hybridized carbons (Fsp3) is 0.222. The average molecular weight is 293 g/mol. The van der Waals surface area contributed by atoms with E-state index in [-0.39, 0.29) is 5.75 Å². The maximum atomic E-state index is 9.22. The van der Waals surface area contributed by atoms with Gasteiger partial charge in [-0.1, -0.05) is 13.8 Å². The molecule has 0 spiro atoms. The molecule has 0 amide bonds. The molecule has 0 aromatic heterocycles. The lowest BCUT2D eigenvalue weighted by atomic mass is 10.1. The van der Waals surface area contributed by atoms with Crippen LogP contribution in [0.15, 0.2) is 36.4 Å². The van der Waals surface area contributed by atoms with Crippen LogP contribution in [0.2, 0.25) is 0 Å². The number of nitrogens with two attached hydrogens (primary N) is 1. The summed E-state index contributed by atoms with van der Waals surface area (Å²) in [7, 11) is 0. The molecule has 0 bridgehead atoms. The van der Waals surface area contributed by atoms with Crippen molar-refractivity contribution in [3.05, 3.63) is 58.7 Å². The molecule has 0 heterocycles. The zero-order chi connectivity index (χ0) is 16.5. The van der Waals surface area contributed by atoms with Crippen LogP contribution in [-0.2, 0) is 12.8 Å². The van der Waals surface area contributed by atoms with E-state index >= 15 is 0 Å². The number of anilines is 1. The Morgan fingerprint density at radius 2 is 1.41 bits per heavy atom. The van der Waals surface area contributed by atoms with E-state index in [1.165, 1.54) is 0 Å². The number of hydrogen-bond acceptors (Lipinski definition) is 4. The van der Waals surface area contributed by atoms with E-state index in [9.17, 15) is 5.11 Å². The molecule has 0 saturated carbocycles. The molecule has 22 heavy (non-hydrogen) atoms. The van der Waals surface area contributed by atoms with Crippen molar-refractivity contribution in [2.45, 2.75) is 26.7 Å². The van der Waals surface area contributed by atoms with Gasteiger partial charge in [-0.2, -0.15) is 10.5 Å². The highest BCUT2D eigenvalue weighted by Crippen LogP contribution is 2.18. The van der Waals surface area contributed by atoms with Gasteiger partial charge in [0, 0.05) is 5.69 Å². The van der Waals surface area contributed by atoms with Crippen molar-refractivity contribution in [1.82, 2.24) is 0 Å². The second-order valence-electron chi connectivity index (χ2n) is 4.69. The van der Waals surface area contributed by atoms with E-state index in [4.69, 9.17) is 16.3 Å². The van der Waals surface area contributed by atoms with Crippen LogP contribution in [0.4, 0.5) is 5.69 Å². The van der Waals surface area contributed by atoms with Crippen LogP contribution in [0.25, 0.3) is 0 Å². The van der Waals surface area contributed by atoms with Crippen LogP contribution in [0.3, 0.4) is 0 Å². The number of hydrogen-bond donors (Lipinski definition) is 2. The van der Waals surface area contributed by atoms with Crippen molar-refractivity contribution in [1.29, 1.82) is 10.5 Å². The van der Waals surface area contributed by atoms with Gasteiger partial charge >= 0.3 is 0 Å². The van der Waals surface area contributed by atoms with Crippen LogP contribution in [0.1, 0.15) is 36.1 Å². The van der Waals surface area contributed by atoms with Gasteiger partial charge in [0.25, 0.3) is 0 Å². The summed E-state index contributed by atoms with van der Waals surface area (Å²) in [5.74, 6) is 0.270. The third kappa shape index (κ3) is 4.54. The van der Waals surface area contributed by atoms with E-state index in [0.29, 0.717) is 11.1 Å². The number of phenolic OH excluding ortho intramolecular Hbond substituents is 1. The molecular formula is C18H19N3O. The Kier molecular flexibility index (Phi) is 6.47. The van der Waals surface area contributed by atoms with Crippen molar-refractivity contribution >= 4 is 5.69 Å². The average Bonchev–Trinajstić information content (AvgIpc) is 2.56. The van der Waals surface area contributed by atoms with Gasteiger partial charge in [0.1, 0.15) is 5.75 Å². The van der Waals surface area contributed by atoms with Gasteiger partial charge in [0.15, 0.2) is 0 Å². The zero-order valence-corrected chi connectivity index (χ0v) is 12.8. The Balaban J connectivity index is 0.000000220. The standard InChI is InChI=1S/C9H10N2.C9H9NO/c2*1-2-8-5-7(6-10)3-4-9(8)11/h3-5H,2,11H2,1H3;3-5,11H,2H2,1H3. The number of benzene rings is 2. The Hall–Kier alpha value is -2.98. The van der Waals surface area contributed by atoms with Gasteiger partial charge in [0.05, 0.1) is 23.3 Å². The Morgan fingerprint density at radius 3 is 1.91 bits per heavy atom. The van der Waals surface area contributed by atoms with E-state index in [1.807, 2.05) is 26.0 Å². The lowest BCUT2D eigenvalue weighted by Gasteiger charge is -2.00. The second-order valence-corrected chi connectivity index (χ2v) is 4.69. The minimum atomic E-state index is 0.270. The smallest absolute Gasteiger partial charge is 0.118 e. The van der Waals surface area contributed by atoms with Crippen LogP contribution in [0.5, 0.6) is 5.75 Å². The molecule has 4 nitrogen and oxygen atoms in total. The SMILES string of the molecule is CCc1cc(C#N)ccc1N.CCc1cc(C#N)ccc1O. The first kappa shape index (κ1) is 17.1. The Bertz CT molecular complexity index is 661. The minimum absolute atomic E-state index is 0.270. The molecule has 4 heteroatoms. The minimum Gasteiger partial charge on any atom is -0.508 e. The number of nitriles is 2. The maximum Gasteiger partial charge on any atom is 0.118 e. The second kappa shape index (κ2) is 8.34. The fourth-order valence-corrected chi connectivity index (χ4v) is 1.92. The normalized spacial score (nSPS) is 9.09. The van der Waals surface area contributed by atoms with E-state index < -0.39 is 0 Å². The first-order valence-electron chi connectivity index (χ1n) is 7.06. The summed E-state index contributed by atoms with van der Waals surface area (Å²) < 4.78 is 0. The Morgan fingerprint density at radius 1 is 0.909 bits per heavy atom. The predicted molar refractivity (Wildman–Crippen MR) is 87.1 cm³/mol. The predicted octanol–water partition coefficient (Wildman–Crippen LogP) is 3.53. The number of phenols is 1. The largest absolute Gasteiger partial charge is 0.508 e. The van der Waals surface area contributed by atoms with Gasteiger partial charge < -0.3 is 10.8 Å². The number of rotatable bonds is 2.